The van der Waals surface area contributed by atoms with E-state index in [1.165, 1.54) is 0 Å². The second-order valence-corrected chi connectivity index (χ2v) is 4.92. The van der Waals surface area contributed by atoms with Crippen LogP contribution in [0.1, 0.15) is 15.9 Å². The Kier molecular flexibility index (Phi) is 4.58. The number of rotatable bonds is 4. The number of carbonyl (C=O) groups excluding carboxylic acids is 1. The molecule has 0 aliphatic heterocycles. The Labute approximate surface area is 120 Å². The Morgan fingerprint density at radius 2 is 1.95 bits per heavy atom. The summed E-state index contributed by atoms with van der Waals surface area (Å²) in [6.07, 6.45) is 0. The molecule has 0 fully saturated rings. The zero-order valence-corrected chi connectivity index (χ0v) is 12.1. The van der Waals surface area contributed by atoms with Crippen molar-refractivity contribution in [1.29, 1.82) is 0 Å². The van der Waals surface area contributed by atoms with Crippen molar-refractivity contribution in [3.05, 3.63) is 64.1 Å². The maximum atomic E-state index is 11.9. The van der Waals surface area contributed by atoms with E-state index in [0.29, 0.717) is 12.1 Å². The average Bonchev–Trinajstić information content (AvgIpc) is 2.46. The van der Waals surface area contributed by atoms with Gasteiger partial charge in [-0.3, -0.25) is 4.79 Å². The van der Waals surface area contributed by atoms with Crippen molar-refractivity contribution in [3.63, 3.8) is 0 Å². The minimum atomic E-state index is -0.0948. The van der Waals surface area contributed by atoms with Gasteiger partial charge in [0.15, 0.2) is 0 Å². The Bertz CT molecular complexity index is 570. The van der Waals surface area contributed by atoms with Crippen LogP contribution in [-0.4, -0.2) is 13.0 Å². The Hall–Kier alpha value is -1.81. The van der Waals surface area contributed by atoms with E-state index in [-0.39, 0.29) is 5.91 Å². The highest BCUT2D eigenvalue weighted by atomic mass is 79.9. The van der Waals surface area contributed by atoms with Gasteiger partial charge in [0, 0.05) is 22.1 Å². The van der Waals surface area contributed by atoms with Crippen LogP contribution < -0.4 is 10.1 Å². The van der Waals surface area contributed by atoms with Crippen LogP contribution in [-0.2, 0) is 6.54 Å². The molecule has 98 valence electrons. The summed E-state index contributed by atoms with van der Waals surface area (Å²) < 4.78 is 6.22. The molecule has 1 N–H and O–H groups in total. The van der Waals surface area contributed by atoms with Crippen LogP contribution in [0.25, 0.3) is 0 Å². The smallest absolute Gasteiger partial charge is 0.251 e. The van der Waals surface area contributed by atoms with Gasteiger partial charge in [-0.25, -0.2) is 0 Å². The maximum Gasteiger partial charge on any atom is 0.251 e. The average molecular weight is 320 g/mol. The SMILES string of the molecule is COc1ccc(Br)cc1CNC(=O)c1ccccc1. The summed E-state index contributed by atoms with van der Waals surface area (Å²) in [6, 6.07) is 14.8. The van der Waals surface area contributed by atoms with Crippen LogP contribution in [0.3, 0.4) is 0 Å². The lowest BCUT2D eigenvalue weighted by Crippen LogP contribution is -2.22. The van der Waals surface area contributed by atoms with Crippen molar-refractivity contribution in [1.82, 2.24) is 5.32 Å². The fourth-order valence-electron chi connectivity index (χ4n) is 1.75. The summed E-state index contributed by atoms with van der Waals surface area (Å²) in [5.74, 6) is 0.666. The van der Waals surface area contributed by atoms with Gasteiger partial charge < -0.3 is 10.1 Å². The van der Waals surface area contributed by atoms with E-state index in [1.807, 2.05) is 36.4 Å². The largest absolute Gasteiger partial charge is 0.496 e. The van der Waals surface area contributed by atoms with Gasteiger partial charge in [-0.2, -0.15) is 0 Å². The molecule has 0 unspecified atom stereocenters. The number of amides is 1. The molecule has 0 saturated heterocycles. The number of benzene rings is 2. The first-order valence-corrected chi connectivity index (χ1v) is 6.65. The fourth-order valence-corrected chi connectivity index (χ4v) is 2.16. The molecule has 0 bridgehead atoms. The lowest BCUT2D eigenvalue weighted by Gasteiger charge is -2.10. The molecule has 0 radical (unpaired) electrons. The van der Waals surface area contributed by atoms with Crippen LogP contribution >= 0.6 is 15.9 Å². The Morgan fingerprint density at radius 1 is 1.21 bits per heavy atom. The first kappa shape index (κ1) is 13.6. The zero-order chi connectivity index (χ0) is 13.7. The highest BCUT2D eigenvalue weighted by Gasteiger charge is 2.07. The molecule has 4 heteroatoms. The minimum absolute atomic E-state index is 0.0948. The standard InChI is InChI=1S/C15H14BrNO2/c1-19-14-8-7-13(16)9-12(14)10-17-15(18)11-5-3-2-4-6-11/h2-9H,10H2,1H3,(H,17,18). The number of ether oxygens (including phenoxy) is 1. The lowest BCUT2D eigenvalue weighted by molar-refractivity contribution is 0.0950. The van der Waals surface area contributed by atoms with E-state index < -0.39 is 0 Å². The molecule has 1 amide bonds. The summed E-state index contributed by atoms with van der Waals surface area (Å²) in [4.78, 5) is 11.9. The lowest BCUT2D eigenvalue weighted by atomic mass is 10.2. The van der Waals surface area contributed by atoms with Gasteiger partial charge in [0.25, 0.3) is 5.91 Å². The molecular weight excluding hydrogens is 306 g/mol. The highest BCUT2D eigenvalue weighted by Crippen LogP contribution is 2.22. The van der Waals surface area contributed by atoms with Crippen molar-refractivity contribution in [2.75, 3.05) is 7.11 Å². The van der Waals surface area contributed by atoms with E-state index in [0.717, 1.165) is 15.8 Å². The van der Waals surface area contributed by atoms with Gasteiger partial charge in [-0.05, 0) is 30.3 Å². The second kappa shape index (κ2) is 6.38. The number of hydrogen-bond donors (Lipinski definition) is 1. The van der Waals surface area contributed by atoms with Crippen LogP contribution in [0.2, 0.25) is 0 Å². The first-order valence-electron chi connectivity index (χ1n) is 5.86. The summed E-state index contributed by atoms with van der Waals surface area (Å²) in [7, 11) is 1.62. The van der Waals surface area contributed by atoms with Crippen LogP contribution in [0.5, 0.6) is 5.75 Å². The van der Waals surface area contributed by atoms with Crippen LogP contribution in [0, 0.1) is 0 Å². The Balaban J connectivity index is 2.07. The van der Waals surface area contributed by atoms with E-state index in [1.54, 1.807) is 19.2 Å². The summed E-state index contributed by atoms with van der Waals surface area (Å²) >= 11 is 3.41. The fraction of sp³-hybridized carbons (Fsp3) is 0.133. The van der Waals surface area contributed by atoms with Gasteiger partial charge in [-0.1, -0.05) is 34.1 Å². The predicted octanol–water partition coefficient (Wildman–Crippen LogP) is 3.39. The van der Waals surface area contributed by atoms with E-state index >= 15 is 0 Å². The van der Waals surface area contributed by atoms with Gasteiger partial charge >= 0.3 is 0 Å². The minimum Gasteiger partial charge on any atom is -0.496 e. The van der Waals surface area contributed by atoms with Gasteiger partial charge in [0.05, 0.1) is 7.11 Å². The number of nitrogens with one attached hydrogen (secondary N) is 1. The molecule has 0 aromatic heterocycles. The predicted molar refractivity (Wildman–Crippen MR) is 78.3 cm³/mol. The monoisotopic (exact) mass is 319 g/mol. The molecule has 2 aromatic carbocycles. The number of methoxy groups -OCH3 is 1. The topological polar surface area (TPSA) is 38.3 Å². The molecule has 0 saturated carbocycles. The summed E-state index contributed by atoms with van der Waals surface area (Å²) in [6.45, 7) is 0.427. The number of halogens is 1. The van der Waals surface area contributed by atoms with Crippen molar-refractivity contribution >= 4 is 21.8 Å². The third-order valence-electron chi connectivity index (χ3n) is 2.72. The maximum absolute atomic E-state index is 11.9. The second-order valence-electron chi connectivity index (χ2n) is 4.00. The molecule has 0 atom stereocenters. The molecule has 19 heavy (non-hydrogen) atoms. The molecule has 0 aliphatic carbocycles. The summed E-state index contributed by atoms with van der Waals surface area (Å²) in [5.41, 5.74) is 1.58. The molecule has 3 nitrogen and oxygen atoms in total. The van der Waals surface area contributed by atoms with Crippen LogP contribution in [0.15, 0.2) is 53.0 Å². The van der Waals surface area contributed by atoms with Crippen molar-refractivity contribution < 1.29 is 9.53 Å². The molecule has 2 aromatic rings. The highest BCUT2D eigenvalue weighted by molar-refractivity contribution is 9.10. The third-order valence-corrected chi connectivity index (χ3v) is 3.21. The van der Waals surface area contributed by atoms with Crippen LogP contribution in [0.4, 0.5) is 0 Å². The van der Waals surface area contributed by atoms with E-state index in [2.05, 4.69) is 21.2 Å². The zero-order valence-electron chi connectivity index (χ0n) is 10.5. The molecule has 2 rings (SSSR count). The third kappa shape index (κ3) is 3.58. The van der Waals surface area contributed by atoms with E-state index in [9.17, 15) is 4.79 Å². The van der Waals surface area contributed by atoms with Crippen molar-refractivity contribution in [2.24, 2.45) is 0 Å². The quantitative estimate of drug-likeness (QED) is 0.938. The van der Waals surface area contributed by atoms with Gasteiger partial charge in [-0.15, -0.1) is 0 Å². The number of hydrogen-bond acceptors (Lipinski definition) is 2. The normalized spacial score (nSPS) is 10.0. The molecule has 0 heterocycles. The summed E-state index contributed by atoms with van der Waals surface area (Å²) in [5, 5.41) is 2.88. The first-order chi connectivity index (χ1) is 9.20. The van der Waals surface area contributed by atoms with Gasteiger partial charge in [0.2, 0.25) is 0 Å². The van der Waals surface area contributed by atoms with Crippen molar-refractivity contribution in [3.8, 4) is 5.75 Å². The van der Waals surface area contributed by atoms with E-state index in [4.69, 9.17) is 4.74 Å². The van der Waals surface area contributed by atoms with Gasteiger partial charge in [0.1, 0.15) is 5.75 Å². The van der Waals surface area contributed by atoms with Crippen molar-refractivity contribution in [2.45, 2.75) is 6.54 Å². The number of carbonyl (C=O) groups is 1. The molecule has 0 spiro atoms. The molecule has 0 aliphatic rings. The molecular formula is C15H14BrNO2. The Morgan fingerprint density at radius 3 is 2.63 bits per heavy atom.